The average Bonchev–Trinajstić information content (AvgIpc) is 2.42. The van der Waals surface area contributed by atoms with E-state index in [1.54, 1.807) is 0 Å². The Labute approximate surface area is 122 Å². The normalized spacial score (nSPS) is 13.2. The molecule has 0 radical (unpaired) electrons. The van der Waals surface area contributed by atoms with E-state index in [2.05, 4.69) is 5.32 Å². The maximum atomic E-state index is 11.6. The number of aliphatic carboxylic acids is 1. The topological polar surface area (TPSA) is 179 Å². The molecule has 9 nitrogen and oxygen atoms in total. The van der Waals surface area contributed by atoms with Crippen LogP contribution >= 0.6 is 0 Å². The minimum absolute atomic E-state index is 0.0630. The molecule has 0 bridgehead atoms. The lowest BCUT2D eigenvalue weighted by Crippen LogP contribution is -2.48. The molecule has 0 aromatic carbocycles. The van der Waals surface area contributed by atoms with Crippen molar-refractivity contribution in [1.29, 1.82) is 0 Å². The van der Waals surface area contributed by atoms with E-state index in [1.165, 1.54) is 0 Å². The Balaban J connectivity index is 4.42. The summed E-state index contributed by atoms with van der Waals surface area (Å²) in [4.78, 5) is 44.8. The van der Waals surface area contributed by atoms with Crippen LogP contribution in [0.15, 0.2) is 0 Å². The molecule has 8 N–H and O–H groups in total. The second-order valence-electron chi connectivity index (χ2n) is 4.62. The molecule has 0 heterocycles. The molecule has 0 aliphatic carbocycles. The van der Waals surface area contributed by atoms with Crippen LogP contribution in [0, 0.1) is 0 Å². The summed E-state index contributed by atoms with van der Waals surface area (Å²) in [6, 6.07) is -2.35. The van der Waals surface area contributed by atoms with Crippen molar-refractivity contribution in [3.05, 3.63) is 0 Å². The van der Waals surface area contributed by atoms with Crippen LogP contribution in [0.3, 0.4) is 0 Å². The van der Waals surface area contributed by atoms with Gasteiger partial charge < -0.3 is 27.6 Å². The number of carbonyl (C=O) groups excluding carboxylic acids is 3. The largest absolute Gasteiger partial charge is 0.480 e. The van der Waals surface area contributed by atoms with Crippen LogP contribution in [0.25, 0.3) is 0 Å². The second kappa shape index (κ2) is 9.83. The third-order valence-corrected chi connectivity index (χ3v) is 2.81. The summed E-state index contributed by atoms with van der Waals surface area (Å²) in [6.07, 6.45) is 1.11. The van der Waals surface area contributed by atoms with Gasteiger partial charge in [-0.1, -0.05) is 0 Å². The monoisotopic (exact) mass is 302 g/mol. The SMILES string of the molecule is NCCCC[C@H](NC(=O)C(=O)[C@@H](N)CCC(N)=O)C(=O)O. The third kappa shape index (κ3) is 8.00. The highest BCUT2D eigenvalue weighted by Gasteiger charge is 2.27. The van der Waals surface area contributed by atoms with Crippen LogP contribution in [0.4, 0.5) is 0 Å². The second-order valence-corrected chi connectivity index (χ2v) is 4.62. The molecule has 9 heteroatoms. The van der Waals surface area contributed by atoms with Gasteiger partial charge in [-0.3, -0.25) is 14.4 Å². The number of ketones is 1. The van der Waals surface area contributed by atoms with Crippen LogP contribution < -0.4 is 22.5 Å². The first-order valence-electron chi connectivity index (χ1n) is 6.61. The number of Topliss-reactive ketones (excluding diaryl/α,β-unsaturated/α-hetero) is 1. The molecular formula is C12H22N4O5. The lowest BCUT2D eigenvalue weighted by molar-refractivity contribution is -0.144. The number of rotatable bonds is 11. The third-order valence-electron chi connectivity index (χ3n) is 2.81. The van der Waals surface area contributed by atoms with Gasteiger partial charge in [0.2, 0.25) is 11.7 Å². The number of hydrogen-bond acceptors (Lipinski definition) is 6. The van der Waals surface area contributed by atoms with E-state index in [-0.39, 0.29) is 19.3 Å². The Bertz CT molecular complexity index is 399. The quantitative estimate of drug-likeness (QED) is 0.213. The van der Waals surface area contributed by atoms with Gasteiger partial charge in [0.15, 0.2) is 0 Å². The molecule has 2 atom stereocenters. The molecule has 0 aliphatic heterocycles. The smallest absolute Gasteiger partial charge is 0.326 e. The highest BCUT2D eigenvalue weighted by molar-refractivity contribution is 6.38. The molecule has 0 unspecified atom stereocenters. The van der Waals surface area contributed by atoms with Crippen molar-refractivity contribution in [2.45, 2.75) is 44.2 Å². The number of hydrogen-bond donors (Lipinski definition) is 5. The van der Waals surface area contributed by atoms with E-state index in [0.29, 0.717) is 19.4 Å². The minimum Gasteiger partial charge on any atom is -0.480 e. The molecule has 0 spiro atoms. The number of carboxylic acids is 1. The number of nitrogens with one attached hydrogen (secondary N) is 1. The number of nitrogens with two attached hydrogens (primary N) is 3. The zero-order chi connectivity index (χ0) is 16.4. The molecule has 0 saturated heterocycles. The lowest BCUT2D eigenvalue weighted by atomic mass is 10.1. The maximum Gasteiger partial charge on any atom is 0.326 e. The van der Waals surface area contributed by atoms with Crippen LogP contribution in [-0.4, -0.2) is 47.3 Å². The maximum absolute atomic E-state index is 11.6. The minimum atomic E-state index is -1.24. The summed E-state index contributed by atoms with van der Waals surface area (Å²) in [6.45, 7) is 0.414. The number of amides is 2. The van der Waals surface area contributed by atoms with Crippen molar-refractivity contribution in [2.75, 3.05) is 6.54 Å². The van der Waals surface area contributed by atoms with Crippen molar-refractivity contribution in [3.63, 3.8) is 0 Å². The summed E-state index contributed by atoms with van der Waals surface area (Å²) < 4.78 is 0. The Morgan fingerprint density at radius 2 is 1.71 bits per heavy atom. The van der Waals surface area contributed by atoms with Gasteiger partial charge in [0.1, 0.15) is 6.04 Å². The Morgan fingerprint density at radius 1 is 1.10 bits per heavy atom. The van der Waals surface area contributed by atoms with Gasteiger partial charge in [0.05, 0.1) is 6.04 Å². The summed E-state index contributed by atoms with van der Waals surface area (Å²) >= 11 is 0. The van der Waals surface area contributed by atoms with Crippen LogP contribution in [-0.2, 0) is 19.2 Å². The molecular weight excluding hydrogens is 280 g/mol. The van der Waals surface area contributed by atoms with E-state index in [4.69, 9.17) is 22.3 Å². The fraction of sp³-hybridized carbons (Fsp3) is 0.667. The van der Waals surface area contributed by atoms with E-state index in [1.807, 2.05) is 0 Å². The Hall–Kier alpha value is -2.00. The fourth-order valence-electron chi connectivity index (χ4n) is 1.58. The van der Waals surface area contributed by atoms with Crippen molar-refractivity contribution < 1.29 is 24.3 Å². The molecule has 0 aromatic rings. The summed E-state index contributed by atoms with van der Waals surface area (Å²) in [5.74, 6) is -3.92. The lowest BCUT2D eigenvalue weighted by Gasteiger charge is -2.15. The zero-order valence-electron chi connectivity index (χ0n) is 11.7. The summed E-state index contributed by atoms with van der Waals surface area (Å²) in [5, 5.41) is 11.1. The fourth-order valence-corrected chi connectivity index (χ4v) is 1.58. The summed E-state index contributed by atoms with van der Waals surface area (Å²) in [5.41, 5.74) is 15.7. The molecule has 120 valence electrons. The van der Waals surface area contributed by atoms with Crippen LogP contribution in [0.2, 0.25) is 0 Å². The van der Waals surface area contributed by atoms with Crippen molar-refractivity contribution >= 4 is 23.6 Å². The number of primary amides is 1. The van der Waals surface area contributed by atoms with Crippen LogP contribution in [0.1, 0.15) is 32.1 Å². The Morgan fingerprint density at radius 3 is 2.19 bits per heavy atom. The van der Waals surface area contributed by atoms with Gasteiger partial charge in [-0.25, -0.2) is 4.79 Å². The molecule has 0 aliphatic rings. The van der Waals surface area contributed by atoms with Crippen molar-refractivity contribution in [2.24, 2.45) is 17.2 Å². The van der Waals surface area contributed by atoms with Crippen molar-refractivity contribution in [3.8, 4) is 0 Å². The molecule has 0 rings (SSSR count). The highest BCUT2D eigenvalue weighted by atomic mass is 16.4. The van der Waals surface area contributed by atoms with Gasteiger partial charge in [-0.2, -0.15) is 0 Å². The van der Waals surface area contributed by atoms with Crippen LogP contribution in [0.5, 0.6) is 0 Å². The van der Waals surface area contributed by atoms with Crippen molar-refractivity contribution in [1.82, 2.24) is 5.32 Å². The van der Waals surface area contributed by atoms with Gasteiger partial charge in [-0.15, -0.1) is 0 Å². The predicted molar refractivity (Wildman–Crippen MR) is 73.9 cm³/mol. The van der Waals surface area contributed by atoms with E-state index >= 15 is 0 Å². The predicted octanol–water partition coefficient (Wildman–Crippen LogP) is -2.15. The standard InChI is InChI=1S/C12H22N4O5/c13-6-2-1-3-8(12(20)21)16-11(19)10(18)7(14)4-5-9(15)17/h7-8H,1-6,13-14H2,(H2,15,17)(H,16,19)(H,20,21)/t7-,8-/m0/s1. The molecule has 2 amide bonds. The average molecular weight is 302 g/mol. The van der Waals surface area contributed by atoms with Gasteiger partial charge in [0.25, 0.3) is 5.91 Å². The number of carboxylic acid groups (broad SMARTS) is 1. The first kappa shape index (κ1) is 19.0. The Kier molecular flexibility index (Phi) is 8.90. The highest BCUT2D eigenvalue weighted by Crippen LogP contribution is 2.02. The summed E-state index contributed by atoms with van der Waals surface area (Å²) in [7, 11) is 0. The van der Waals surface area contributed by atoms with Gasteiger partial charge in [-0.05, 0) is 32.2 Å². The number of unbranched alkanes of at least 4 members (excludes halogenated alkanes) is 1. The van der Waals surface area contributed by atoms with Gasteiger partial charge in [0, 0.05) is 6.42 Å². The number of carbonyl (C=O) groups is 4. The first-order valence-corrected chi connectivity index (χ1v) is 6.61. The molecule has 0 aromatic heterocycles. The molecule has 0 saturated carbocycles. The van der Waals surface area contributed by atoms with Gasteiger partial charge >= 0.3 is 5.97 Å². The molecule has 21 heavy (non-hydrogen) atoms. The molecule has 0 fully saturated rings. The van der Waals surface area contributed by atoms with E-state index in [9.17, 15) is 19.2 Å². The van der Waals surface area contributed by atoms with E-state index < -0.39 is 35.7 Å². The van der Waals surface area contributed by atoms with E-state index in [0.717, 1.165) is 0 Å². The zero-order valence-corrected chi connectivity index (χ0v) is 11.7. The first-order chi connectivity index (χ1) is 9.79.